The van der Waals surface area contributed by atoms with E-state index in [4.69, 9.17) is 4.74 Å². The van der Waals surface area contributed by atoms with E-state index in [0.717, 1.165) is 41.6 Å². The average molecular weight is 623 g/mol. The molecule has 7 nitrogen and oxygen atoms in total. The summed E-state index contributed by atoms with van der Waals surface area (Å²) in [6.45, 7) is 0.00442. The molecular weight excluding hydrogens is 583 g/mol. The molecule has 3 fully saturated rings. The van der Waals surface area contributed by atoms with Gasteiger partial charge in [-0.05, 0) is 90.7 Å². The molecule has 0 heterocycles. The smallest absolute Gasteiger partial charge is 0.247 e. The van der Waals surface area contributed by atoms with E-state index in [9.17, 15) is 19.8 Å². The molecule has 6 atom stereocenters. The number of aliphatic hydroxyl groups is 2. The summed E-state index contributed by atoms with van der Waals surface area (Å²) < 4.78 is 7.19. The molecule has 202 valence electrons. The Morgan fingerprint density at radius 3 is 2.57 bits per heavy atom. The Balaban J connectivity index is 1.42. The molecular formula is C29H39IN2O5. The Kier molecular flexibility index (Phi) is 8.76. The van der Waals surface area contributed by atoms with E-state index >= 15 is 0 Å². The average Bonchev–Trinajstić information content (AvgIpc) is 3.65. The van der Waals surface area contributed by atoms with Crippen molar-refractivity contribution in [1.82, 2.24) is 10.2 Å². The number of hydrogen-bond acceptors (Lipinski definition) is 5. The van der Waals surface area contributed by atoms with Gasteiger partial charge >= 0.3 is 0 Å². The molecule has 0 saturated heterocycles. The quantitative estimate of drug-likeness (QED) is 0.364. The Hall–Kier alpha value is -1.65. The van der Waals surface area contributed by atoms with Crippen LogP contribution < -0.4 is 10.1 Å². The van der Waals surface area contributed by atoms with E-state index in [0.29, 0.717) is 29.6 Å². The van der Waals surface area contributed by atoms with Gasteiger partial charge in [-0.3, -0.25) is 9.59 Å². The highest BCUT2D eigenvalue weighted by atomic mass is 127. The van der Waals surface area contributed by atoms with Gasteiger partial charge in [0.2, 0.25) is 11.8 Å². The summed E-state index contributed by atoms with van der Waals surface area (Å²) in [5, 5.41) is 23.6. The largest absolute Gasteiger partial charge is 0.482 e. The predicted octanol–water partition coefficient (Wildman–Crippen LogP) is 3.80. The Morgan fingerprint density at radius 1 is 1.11 bits per heavy atom. The summed E-state index contributed by atoms with van der Waals surface area (Å²) in [7, 11) is 0. The summed E-state index contributed by atoms with van der Waals surface area (Å²) in [5.41, 5.74) is 0.496. The minimum Gasteiger partial charge on any atom is -0.482 e. The second kappa shape index (κ2) is 12.0. The van der Waals surface area contributed by atoms with Crippen molar-refractivity contribution in [2.24, 2.45) is 17.8 Å². The van der Waals surface area contributed by atoms with Gasteiger partial charge in [0.05, 0.1) is 16.2 Å². The van der Waals surface area contributed by atoms with Crippen LogP contribution in [0.1, 0.15) is 64.2 Å². The Morgan fingerprint density at radius 2 is 1.89 bits per heavy atom. The van der Waals surface area contributed by atoms with E-state index in [1.807, 2.05) is 29.2 Å². The van der Waals surface area contributed by atoms with Crippen molar-refractivity contribution in [3.63, 3.8) is 0 Å². The van der Waals surface area contributed by atoms with E-state index in [2.05, 4.69) is 27.9 Å². The molecule has 2 amide bonds. The molecule has 0 radical (unpaired) electrons. The van der Waals surface area contributed by atoms with Crippen LogP contribution in [0.4, 0.5) is 0 Å². The molecule has 0 aromatic heterocycles. The number of ether oxygens (including phenoxy) is 1. The van der Waals surface area contributed by atoms with Crippen LogP contribution in [0.15, 0.2) is 35.9 Å². The second-order valence-electron chi connectivity index (χ2n) is 11.3. The normalized spacial score (nSPS) is 31.3. The monoisotopic (exact) mass is 622 g/mol. The molecule has 3 unspecified atom stereocenters. The number of carbonyl (C=O) groups excluding carboxylic acids is 2. The lowest BCUT2D eigenvalue weighted by Gasteiger charge is -2.44. The van der Waals surface area contributed by atoms with Gasteiger partial charge in [0, 0.05) is 31.0 Å². The van der Waals surface area contributed by atoms with Crippen LogP contribution in [0.25, 0.3) is 0 Å². The van der Waals surface area contributed by atoms with Crippen LogP contribution in [0, 0.1) is 21.3 Å². The van der Waals surface area contributed by atoms with Crippen LogP contribution >= 0.6 is 22.6 Å². The topological polar surface area (TPSA) is 99.1 Å². The van der Waals surface area contributed by atoms with E-state index in [1.54, 1.807) is 6.08 Å². The van der Waals surface area contributed by atoms with Crippen LogP contribution in [0.3, 0.4) is 0 Å². The fourth-order valence-electron chi connectivity index (χ4n) is 7.23. The maximum atomic E-state index is 14.0. The van der Waals surface area contributed by atoms with E-state index in [-0.39, 0.29) is 37.4 Å². The number of nitrogens with one attached hydrogen (secondary N) is 1. The highest BCUT2D eigenvalue weighted by Gasteiger charge is 2.46. The van der Waals surface area contributed by atoms with Crippen LogP contribution in [0.5, 0.6) is 5.75 Å². The number of rotatable bonds is 9. The van der Waals surface area contributed by atoms with Crippen molar-refractivity contribution in [3.05, 3.63) is 39.5 Å². The van der Waals surface area contributed by atoms with Crippen molar-refractivity contribution in [3.8, 4) is 5.75 Å². The first-order valence-electron chi connectivity index (χ1n) is 13.9. The first-order valence-corrected chi connectivity index (χ1v) is 15.0. The Bertz CT molecular complexity index is 1010. The lowest BCUT2D eigenvalue weighted by Crippen LogP contribution is -2.58. The van der Waals surface area contributed by atoms with Gasteiger partial charge in [0.15, 0.2) is 0 Å². The maximum Gasteiger partial charge on any atom is 0.247 e. The molecule has 4 aliphatic carbocycles. The van der Waals surface area contributed by atoms with Crippen molar-refractivity contribution >= 4 is 34.4 Å². The minimum absolute atomic E-state index is 0.0862. The van der Waals surface area contributed by atoms with Gasteiger partial charge in [-0.15, -0.1) is 0 Å². The zero-order chi connectivity index (χ0) is 25.9. The summed E-state index contributed by atoms with van der Waals surface area (Å²) >= 11 is 2.20. The number of amides is 2. The molecule has 3 saturated carbocycles. The first kappa shape index (κ1) is 26.9. The van der Waals surface area contributed by atoms with Gasteiger partial charge < -0.3 is 25.2 Å². The van der Waals surface area contributed by atoms with Gasteiger partial charge in [-0.1, -0.05) is 31.4 Å². The number of para-hydroxylation sites is 1. The highest BCUT2D eigenvalue weighted by molar-refractivity contribution is 14.1. The minimum atomic E-state index is -0.949. The number of aliphatic hydroxyl groups excluding tert-OH is 2. The SMILES string of the molecule is O=C(NCCO)C1=C[C@H](Oc2ccccc2I)[C@@H](O)[C@H](N(C(=O)CC2CC3CCC2C3)C2CCCC2)C1. The number of fused-ring (bicyclic) bond motifs is 2. The number of carbonyl (C=O) groups is 2. The van der Waals surface area contributed by atoms with Gasteiger partial charge in [-0.25, -0.2) is 0 Å². The molecule has 8 heteroatoms. The van der Waals surface area contributed by atoms with Crippen LogP contribution in [-0.2, 0) is 9.59 Å². The second-order valence-corrected chi connectivity index (χ2v) is 12.5. The molecule has 0 spiro atoms. The molecule has 2 bridgehead atoms. The Labute approximate surface area is 233 Å². The molecule has 1 aromatic carbocycles. The predicted molar refractivity (Wildman–Crippen MR) is 149 cm³/mol. The molecule has 37 heavy (non-hydrogen) atoms. The number of halogens is 1. The number of benzene rings is 1. The van der Waals surface area contributed by atoms with Crippen molar-refractivity contribution in [2.45, 2.75) is 88.5 Å². The summed E-state index contributed by atoms with van der Waals surface area (Å²) in [6, 6.07) is 7.15. The van der Waals surface area contributed by atoms with Crippen LogP contribution in [0.2, 0.25) is 0 Å². The first-order chi connectivity index (χ1) is 17.9. The molecule has 1 aromatic rings. The van der Waals surface area contributed by atoms with Crippen molar-refractivity contribution < 1.29 is 24.5 Å². The zero-order valence-corrected chi connectivity index (χ0v) is 23.5. The molecule has 4 aliphatic rings. The van der Waals surface area contributed by atoms with E-state index in [1.165, 1.54) is 19.3 Å². The van der Waals surface area contributed by atoms with Crippen molar-refractivity contribution in [1.29, 1.82) is 0 Å². The fourth-order valence-corrected chi connectivity index (χ4v) is 7.75. The van der Waals surface area contributed by atoms with Gasteiger partial charge in [0.1, 0.15) is 18.0 Å². The maximum absolute atomic E-state index is 14.0. The molecule has 0 aliphatic heterocycles. The molecule has 5 rings (SSSR count). The summed E-state index contributed by atoms with van der Waals surface area (Å²) in [4.78, 5) is 29.0. The van der Waals surface area contributed by atoms with Gasteiger partial charge in [0.25, 0.3) is 0 Å². The third-order valence-corrected chi connectivity index (χ3v) is 9.89. The number of hydrogen-bond donors (Lipinski definition) is 3. The van der Waals surface area contributed by atoms with Gasteiger partial charge in [-0.2, -0.15) is 0 Å². The lowest BCUT2D eigenvalue weighted by atomic mass is 9.84. The zero-order valence-electron chi connectivity index (χ0n) is 21.4. The highest BCUT2D eigenvalue weighted by Crippen LogP contribution is 2.50. The molecule has 3 N–H and O–H groups in total. The standard InChI is InChI=1S/C29H39IN2O5/c30-23-7-3-4-8-25(23)37-26-16-21(29(36)31-11-12-33)15-24(28(26)35)32(22-5-1-2-6-22)27(34)17-20-14-18-9-10-19(20)13-18/h3-4,7-8,16,18-20,22,24,26,28,33,35H,1-2,5-6,9-15,17H2,(H,31,36)/t18?,19?,20?,24-,26+,28+/m1/s1. The van der Waals surface area contributed by atoms with Crippen molar-refractivity contribution in [2.75, 3.05) is 13.2 Å². The third kappa shape index (κ3) is 6.01. The lowest BCUT2D eigenvalue weighted by molar-refractivity contribution is -0.143. The fraction of sp³-hybridized carbons (Fsp3) is 0.655. The van der Waals surface area contributed by atoms with Crippen LogP contribution in [-0.4, -0.2) is 64.4 Å². The summed E-state index contributed by atoms with van der Waals surface area (Å²) in [6.07, 6.45) is 9.78. The summed E-state index contributed by atoms with van der Waals surface area (Å²) in [5.74, 6) is 2.36. The third-order valence-electron chi connectivity index (χ3n) is 9.00. The number of nitrogens with zero attached hydrogens (tertiary/aromatic N) is 1. The van der Waals surface area contributed by atoms with E-state index < -0.39 is 18.2 Å².